The molecule has 0 aromatic heterocycles. The summed E-state index contributed by atoms with van der Waals surface area (Å²) in [5.74, 6) is 0.779. The lowest BCUT2D eigenvalue weighted by molar-refractivity contribution is -0.841. The SMILES string of the molecule is B[N+]12CCC(CC1)C1(CC(Br)=NN1c1ccccc1)C2. The normalized spacial score (nSPS) is 39.4. The van der Waals surface area contributed by atoms with Gasteiger partial charge in [-0.2, -0.15) is 5.10 Å². The van der Waals surface area contributed by atoms with E-state index in [0.717, 1.165) is 17.0 Å². The van der Waals surface area contributed by atoms with Gasteiger partial charge >= 0.3 is 7.98 Å². The van der Waals surface area contributed by atoms with Crippen LogP contribution >= 0.6 is 15.9 Å². The zero-order chi connectivity index (χ0) is 13.8. The fraction of sp³-hybridized carbons (Fsp3) is 0.533. The molecule has 1 aromatic carbocycles. The Morgan fingerprint density at radius 2 is 1.95 bits per heavy atom. The molecular weight excluding hydrogens is 313 g/mol. The quantitative estimate of drug-likeness (QED) is 0.719. The summed E-state index contributed by atoms with van der Waals surface area (Å²) in [6.45, 7) is 3.91. The summed E-state index contributed by atoms with van der Waals surface area (Å²) >= 11 is 3.68. The van der Waals surface area contributed by atoms with Crippen molar-refractivity contribution in [2.24, 2.45) is 11.0 Å². The lowest BCUT2D eigenvalue weighted by Crippen LogP contribution is -2.71. The number of hydrogen-bond donors (Lipinski definition) is 0. The van der Waals surface area contributed by atoms with Crippen LogP contribution in [0.25, 0.3) is 0 Å². The van der Waals surface area contributed by atoms with E-state index in [1.165, 1.54) is 42.6 Å². The van der Waals surface area contributed by atoms with Crippen LogP contribution in [0.5, 0.6) is 0 Å². The van der Waals surface area contributed by atoms with Crippen molar-refractivity contribution in [3.8, 4) is 0 Å². The lowest BCUT2D eigenvalue weighted by atomic mass is 9.68. The highest BCUT2D eigenvalue weighted by Gasteiger charge is 2.58. The van der Waals surface area contributed by atoms with Gasteiger partial charge < -0.3 is 4.39 Å². The Labute approximate surface area is 129 Å². The second kappa shape index (κ2) is 4.34. The van der Waals surface area contributed by atoms with Crippen LogP contribution in [-0.4, -0.2) is 42.2 Å². The average molecular weight is 333 g/mol. The number of halogens is 1. The van der Waals surface area contributed by atoms with Crippen molar-refractivity contribution in [1.29, 1.82) is 0 Å². The van der Waals surface area contributed by atoms with E-state index in [-0.39, 0.29) is 5.54 Å². The van der Waals surface area contributed by atoms with Gasteiger partial charge in [-0.1, -0.05) is 18.2 Å². The van der Waals surface area contributed by atoms with E-state index in [1.807, 2.05) is 0 Å². The molecule has 4 aliphatic heterocycles. The maximum absolute atomic E-state index is 4.84. The molecule has 3 fully saturated rings. The summed E-state index contributed by atoms with van der Waals surface area (Å²) in [7, 11) is 2.42. The fourth-order valence-electron chi connectivity index (χ4n) is 4.57. The van der Waals surface area contributed by atoms with Gasteiger partial charge in [-0.05, 0) is 28.1 Å². The maximum Gasteiger partial charge on any atom is 0.372 e. The standard InChI is InChI=1S/C15H20BBrN3/c16-20-8-6-12(7-9-20)15(11-20)10-14(17)18-19(15)13-4-2-1-3-5-13/h1-5,12H,6-11,16H2/q+1. The Morgan fingerprint density at radius 1 is 1.25 bits per heavy atom. The molecule has 5 rings (SSSR count). The molecule has 1 spiro atoms. The third kappa shape index (κ3) is 1.79. The van der Waals surface area contributed by atoms with Crippen LogP contribution in [-0.2, 0) is 0 Å². The third-order valence-electron chi connectivity index (χ3n) is 5.53. The van der Waals surface area contributed by atoms with Gasteiger partial charge in [0, 0.05) is 25.2 Å². The van der Waals surface area contributed by atoms with Crippen LogP contribution in [0.4, 0.5) is 5.69 Å². The Balaban J connectivity index is 1.77. The van der Waals surface area contributed by atoms with Crippen LogP contribution in [0.3, 0.4) is 0 Å². The lowest BCUT2D eigenvalue weighted by Gasteiger charge is -2.59. The molecule has 4 heterocycles. The Hall–Kier alpha value is -0.805. The summed E-state index contributed by atoms with van der Waals surface area (Å²) < 4.78 is 2.33. The third-order valence-corrected chi connectivity index (χ3v) is 5.97. The summed E-state index contributed by atoms with van der Waals surface area (Å²) in [4.78, 5) is 0. The van der Waals surface area contributed by atoms with E-state index in [2.05, 4.69) is 59.3 Å². The Kier molecular flexibility index (Phi) is 2.80. The van der Waals surface area contributed by atoms with Gasteiger partial charge in [0.05, 0.1) is 25.3 Å². The molecule has 0 radical (unpaired) electrons. The molecule has 0 N–H and O–H groups in total. The van der Waals surface area contributed by atoms with Crippen LogP contribution in [0, 0.1) is 5.92 Å². The summed E-state index contributed by atoms with van der Waals surface area (Å²) in [5.41, 5.74) is 1.44. The smallest absolute Gasteiger partial charge is 0.372 e. The van der Waals surface area contributed by atoms with Crippen molar-refractivity contribution in [1.82, 2.24) is 0 Å². The van der Waals surface area contributed by atoms with Crippen molar-refractivity contribution >= 4 is 34.2 Å². The fourth-order valence-corrected chi connectivity index (χ4v) is 5.22. The van der Waals surface area contributed by atoms with Gasteiger partial charge in [-0.25, -0.2) is 0 Å². The number of rotatable bonds is 1. The molecule has 20 heavy (non-hydrogen) atoms. The van der Waals surface area contributed by atoms with Gasteiger partial charge in [0.25, 0.3) is 0 Å². The van der Waals surface area contributed by atoms with Crippen molar-refractivity contribution in [2.75, 3.05) is 24.6 Å². The van der Waals surface area contributed by atoms with Crippen LogP contribution in [0.1, 0.15) is 19.3 Å². The first-order valence-corrected chi connectivity index (χ1v) is 8.33. The number of fused-ring (bicyclic) bond motifs is 2. The number of nitrogens with zero attached hydrogens (tertiary/aromatic N) is 3. The van der Waals surface area contributed by atoms with E-state index in [4.69, 9.17) is 5.10 Å². The van der Waals surface area contributed by atoms with E-state index in [1.54, 1.807) is 0 Å². The number of piperidine rings is 3. The summed E-state index contributed by atoms with van der Waals surface area (Å²) in [6.07, 6.45) is 3.76. The monoisotopic (exact) mass is 332 g/mol. The van der Waals surface area contributed by atoms with Gasteiger partial charge in [-0.15, -0.1) is 0 Å². The molecule has 0 aliphatic carbocycles. The minimum Gasteiger partial charge on any atom is -0.397 e. The average Bonchev–Trinajstić information content (AvgIpc) is 2.76. The second-order valence-electron chi connectivity index (χ2n) is 6.90. The number of hydrogen-bond acceptors (Lipinski definition) is 2. The molecule has 2 bridgehead atoms. The molecule has 104 valence electrons. The van der Waals surface area contributed by atoms with E-state index >= 15 is 0 Å². The van der Waals surface area contributed by atoms with Crippen molar-refractivity contribution in [3.63, 3.8) is 0 Å². The minimum atomic E-state index is 0.200. The molecular formula is C15H20BBrN3+. The van der Waals surface area contributed by atoms with Crippen molar-refractivity contribution < 1.29 is 4.39 Å². The molecule has 3 saturated heterocycles. The first kappa shape index (κ1) is 12.9. The molecule has 1 aromatic rings. The zero-order valence-corrected chi connectivity index (χ0v) is 13.5. The number of para-hydroxylation sites is 1. The molecule has 1 atom stereocenters. The zero-order valence-electron chi connectivity index (χ0n) is 11.9. The molecule has 4 aliphatic rings. The van der Waals surface area contributed by atoms with Crippen LogP contribution in [0.15, 0.2) is 35.4 Å². The van der Waals surface area contributed by atoms with Gasteiger partial charge in [0.2, 0.25) is 0 Å². The Bertz CT molecular complexity index is 553. The van der Waals surface area contributed by atoms with E-state index in [9.17, 15) is 0 Å². The number of anilines is 1. The van der Waals surface area contributed by atoms with Crippen LogP contribution in [0.2, 0.25) is 0 Å². The number of benzene rings is 1. The van der Waals surface area contributed by atoms with Crippen molar-refractivity contribution in [2.45, 2.75) is 24.8 Å². The molecule has 0 saturated carbocycles. The predicted molar refractivity (Wildman–Crippen MR) is 88.8 cm³/mol. The minimum absolute atomic E-state index is 0.200. The molecule has 5 heteroatoms. The van der Waals surface area contributed by atoms with Crippen LogP contribution < -0.4 is 5.01 Å². The number of quaternary nitrogens is 1. The highest BCUT2D eigenvalue weighted by atomic mass is 79.9. The first-order chi connectivity index (χ1) is 9.61. The van der Waals surface area contributed by atoms with E-state index < -0.39 is 0 Å². The molecule has 1 unspecified atom stereocenters. The first-order valence-electron chi connectivity index (χ1n) is 7.53. The largest absolute Gasteiger partial charge is 0.397 e. The van der Waals surface area contributed by atoms with Crippen molar-refractivity contribution in [3.05, 3.63) is 30.3 Å². The summed E-state index contributed by atoms with van der Waals surface area (Å²) in [5, 5.41) is 7.17. The topological polar surface area (TPSA) is 15.6 Å². The highest BCUT2D eigenvalue weighted by Crippen LogP contribution is 2.49. The van der Waals surface area contributed by atoms with Gasteiger partial charge in [0.1, 0.15) is 10.2 Å². The van der Waals surface area contributed by atoms with Gasteiger partial charge in [0.15, 0.2) is 0 Å². The molecule has 3 nitrogen and oxygen atoms in total. The number of hydrazone groups is 1. The van der Waals surface area contributed by atoms with E-state index in [0.29, 0.717) is 0 Å². The predicted octanol–water partition coefficient (Wildman–Crippen LogP) is 2.13. The summed E-state index contributed by atoms with van der Waals surface area (Å²) in [6, 6.07) is 10.7. The second-order valence-corrected chi connectivity index (χ2v) is 7.82. The maximum atomic E-state index is 4.84. The highest BCUT2D eigenvalue weighted by molar-refractivity contribution is 9.18. The van der Waals surface area contributed by atoms with Gasteiger partial charge in [-0.3, -0.25) is 5.01 Å². The Morgan fingerprint density at radius 3 is 2.60 bits per heavy atom. The molecule has 0 amide bonds.